The molecule has 2 unspecified atom stereocenters. The molecule has 14 heavy (non-hydrogen) atoms. The van der Waals surface area contributed by atoms with Crippen molar-refractivity contribution in [2.45, 2.75) is 51.3 Å². The second kappa shape index (κ2) is 6.68. The van der Waals surface area contributed by atoms with Crippen LogP contribution in [0.1, 0.15) is 46.0 Å². The van der Waals surface area contributed by atoms with E-state index in [-0.39, 0.29) is 0 Å². The molecular weight excluding hydrogens is 194 g/mol. The molecule has 0 N–H and O–H groups in total. The van der Waals surface area contributed by atoms with E-state index in [1.54, 1.807) is 0 Å². The van der Waals surface area contributed by atoms with Crippen LogP contribution >= 0.6 is 11.6 Å². The largest absolute Gasteiger partial charge is 0.302 e. The molecule has 0 aromatic heterocycles. The molecular formula is C12H24ClN. The van der Waals surface area contributed by atoms with Gasteiger partial charge in [0.1, 0.15) is 0 Å². The van der Waals surface area contributed by atoms with Crippen molar-refractivity contribution in [2.24, 2.45) is 5.92 Å². The van der Waals surface area contributed by atoms with Crippen LogP contribution in [0.25, 0.3) is 0 Å². The van der Waals surface area contributed by atoms with Crippen LogP contribution in [0.2, 0.25) is 0 Å². The third-order valence-corrected chi connectivity index (χ3v) is 3.85. The second-order valence-corrected chi connectivity index (χ2v) is 5.20. The molecule has 1 fully saturated rings. The maximum absolute atomic E-state index is 6.26. The molecule has 0 aromatic rings. The maximum Gasteiger partial charge on any atom is 0.0489 e. The lowest BCUT2D eigenvalue weighted by atomic mass is 9.98. The summed E-state index contributed by atoms with van der Waals surface area (Å²) >= 11 is 6.26. The van der Waals surface area contributed by atoms with Crippen molar-refractivity contribution in [1.82, 2.24) is 4.90 Å². The summed E-state index contributed by atoms with van der Waals surface area (Å²) in [6.45, 7) is 8.16. The minimum Gasteiger partial charge on any atom is -0.302 e. The number of rotatable bonds is 5. The SMILES string of the molecule is CCCCCCN1CCC(C)C(Cl)C1. The summed E-state index contributed by atoms with van der Waals surface area (Å²) in [6, 6.07) is 0. The molecule has 1 rings (SSSR count). The first-order valence-electron chi connectivity index (χ1n) is 6.10. The van der Waals surface area contributed by atoms with Crippen LogP contribution in [0.5, 0.6) is 0 Å². The van der Waals surface area contributed by atoms with Crippen molar-refractivity contribution in [1.29, 1.82) is 0 Å². The highest BCUT2D eigenvalue weighted by atomic mass is 35.5. The smallest absolute Gasteiger partial charge is 0.0489 e. The number of nitrogens with zero attached hydrogens (tertiary/aromatic N) is 1. The Morgan fingerprint density at radius 3 is 2.71 bits per heavy atom. The molecule has 2 atom stereocenters. The lowest BCUT2D eigenvalue weighted by Gasteiger charge is -2.33. The molecule has 84 valence electrons. The Kier molecular flexibility index (Phi) is 5.88. The maximum atomic E-state index is 6.26. The van der Waals surface area contributed by atoms with Gasteiger partial charge in [-0.05, 0) is 31.8 Å². The van der Waals surface area contributed by atoms with Crippen LogP contribution in [0.4, 0.5) is 0 Å². The van der Waals surface area contributed by atoms with Crippen molar-refractivity contribution in [3.8, 4) is 0 Å². The van der Waals surface area contributed by atoms with Gasteiger partial charge in [-0.3, -0.25) is 0 Å². The number of hydrogen-bond donors (Lipinski definition) is 0. The molecule has 0 aliphatic carbocycles. The number of piperidine rings is 1. The predicted molar refractivity (Wildman–Crippen MR) is 64.0 cm³/mol. The van der Waals surface area contributed by atoms with Crippen molar-refractivity contribution in [3.63, 3.8) is 0 Å². The van der Waals surface area contributed by atoms with Crippen molar-refractivity contribution < 1.29 is 0 Å². The van der Waals surface area contributed by atoms with Gasteiger partial charge in [0.15, 0.2) is 0 Å². The van der Waals surface area contributed by atoms with E-state index >= 15 is 0 Å². The topological polar surface area (TPSA) is 3.24 Å². The van der Waals surface area contributed by atoms with Gasteiger partial charge in [0.2, 0.25) is 0 Å². The van der Waals surface area contributed by atoms with Crippen LogP contribution < -0.4 is 0 Å². The first-order valence-corrected chi connectivity index (χ1v) is 6.54. The summed E-state index contributed by atoms with van der Waals surface area (Å²) in [4.78, 5) is 2.54. The van der Waals surface area contributed by atoms with Crippen molar-refractivity contribution in [2.75, 3.05) is 19.6 Å². The summed E-state index contributed by atoms with van der Waals surface area (Å²) in [7, 11) is 0. The molecule has 1 saturated heterocycles. The third-order valence-electron chi connectivity index (χ3n) is 3.28. The summed E-state index contributed by atoms with van der Waals surface area (Å²) in [5, 5.41) is 0.384. The highest BCUT2D eigenvalue weighted by Gasteiger charge is 2.23. The fraction of sp³-hybridized carbons (Fsp3) is 1.00. The number of halogens is 1. The van der Waals surface area contributed by atoms with Gasteiger partial charge in [0.25, 0.3) is 0 Å². The highest BCUT2D eigenvalue weighted by molar-refractivity contribution is 6.21. The molecule has 0 bridgehead atoms. The Labute approximate surface area is 93.8 Å². The predicted octanol–water partition coefficient (Wildman–Crippen LogP) is 3.52. The number of unbranched alkanes of at least 4 members (excludes halogenated alkanes) is 3. The minimum absolute atomic E-state index is 0.384. The van der Waals surface area contributed by atoms with Gasteiger partial charge in [-0.1, -0.05) is 33.1 Å². The molecule has 1 heterocycles. The standard InChI is InChI=1S/C12H24ClN/c1-3-4-5-6-8-14-9-7-11(2)12(13)10-14/h11-12H,3-10H2,1-2H3. The van der Waals surface area contributed by atoms with Crippen molar-refractivity contribution in [3.05, 3.63) is 0 Å². The number of likely N-dealkylation sites (tertiary alicyclic amines) is 1. The molecule has 0 amide bonds. The first kappa shape index (κ1) is 12.3. The van der Waals surface area contributed by atoms with E-state index in [1.807, 2.05) is 0 Å². The van der Waals surface area contributed by atoms with E-state index in [4.69, 9.17) is 11.6 Å². The Bertz CT molecular complexity index is 149. The van der Waals surface area contributed by atoms with Gasteiger partial charge < -0.3 is 4.90 Å². The van der Waals surface area contributed by atoms with Crippen LogP contribution in [0.15, 0.2) is 0 Å². The zero-order valence-electron chi connectivity index (χ0n) is 9.64. The van der Waals surface area contributed by atoms with Crippen LogP contribution in [0, 0.1) is 5.92 Å². The van der Waals surface area contributed by atoms with Crippen LogP contribution in [-0.2, 0) is 0 Å². The van der Waals surface area contributed by atoms with Gasteiger partial charge >= 0.3 is 0 Å². The summed E-state index contributed by atoms with van der Waals surface area (Å²) in [5.74, 6) is 0.712. The number of hydrogen-bond acceptors (Lipinski definition) is 1. The Balaban J connectivity index is 2.07. The fourth-order valence-electron chi connectivity index (χ4n) is 2.05. The third kappa shape index (κ3) is 4.18. The van der Waals surface area contributed by atoms with E-state index in [1.165, 1.54) is 45.2 Å². The van der Waals surface area contributed by atoms with Gasteiger partial charge in [-0.2, -0.15) is 0 Å². The monoisotopic (exact) mass is 217 g/mol. The summed E-state index contributed by atoms with van der Waals surface area (Å²) < 4.78 is 0. The lowest BCUT2D eigenvalue weighted by molar-refractivity contribution is 0.193. The molecule has 2 heteroatoms. The minimum atomic E-state index is 0.384. The number of alkyl halides is 1. The van der Waals surface area contributed by atoms with Gasteiger partial charge in [-0.15, -0.1) is 11.6 Å². The normalized spacial score (nSPS) is 29.4. The van der Waals surface area contributed by atoms with E-state index < -0.39 is 0 Å². The van der Waals surface area contributed by atoms with E-state index in [0.717, 1.165) is 6.54 Å². The van der Waals surface area contributed by atoms with E-state index in [0.29, 0.717) is 11.3 Å². The highest BCUT2D eigenvalue weighted by Crippen LogP contribution is 2.21. The zero-order chi connectivity index (χ0) is 10.4. The Morgan fingerprint density at radius 1 is 1.29 bits per heavy atom. The quantitative estimate of drug-likeness (QED) is 0.503. The molecule has 0 spiro atoms. The molecule has 1 aliphatic rings. The zero-order valence-corrected chi connectivity index (χ0v) is 10.4. The Hall–Kier alpha value is 0.250. The summed E-state index contributed by atoms with van der Waals surface area (Å²) in [6.07, 6.45) is 6.73. The van der Waals surface area contributed by atoms with Crippen LogP contribution in [-0.4, -0.2) is 29.9 Å². The first-order chi connectivity index (χ1) is 6.74. The van der Waals surface area contributed by atoms with Gasteiger partial charge in [0.05, 0.1) is 0 Å². The Morgan fingerprint density at radius 2 is 2.07 bits per heavy atom. The molecule has 0 aromatic carbocycles. The molecule has 0 radical (unpaired) electrons. The average molecular weight is 218 g/mol. The van der Waals surface area contributed by atoms with E-state index in [9.17, 15) is 0 Å². The molecule has 1 nitrogen and oxygen atoms in total. The molecule has 0 saturated carbocycles. The van der Waals surface area contributed by atoms with Gasteiger partial charge in [0, 0.05) is 11.9 Å². The lowest BCUT2D eigenvalue weighted by Crippen LogP contribution is -2.40. The van der Waals surface area contributed by atoms with Gasteiger partial charge in [-0.25, -0.2) is 0 Å². The fourth-order valence-corrected chi connectivity index (χ4v) is 2.37. The molecule has 1 aliphatic heterocycles. The summed E-state index contributed by atoms with van der Waals surface area (Å²) in [5.41, 5.74) is 0. The second-order valence-electron chi connectivity index (χ2n) is 4.64. The van der Waals surface area contributed by atoms with E-state index in [2.05, 4.69) is 18.7 Å². The van der Waals surface area contributed by atoms with Crippen molar-refractivity contribution >= 4 is 11.6 Å². The average Bonchev–Trinajstić information content (AvgIpc) is 2.18. The van der Waals surface area contributed by atoms with Crippen LogP contribution in [0.3, 0.4) is 0 Å².